The van der Waals surface area contributed by atoms with E-state index in [1.807, 2.05) is 30.0 Å². The summed E-state index contributed by atoms with van der Waals surface area (Å²) in [6, 6.07) is 8.01. The van der Waals surface area contributed by atoms with E-state index in [4.69, 9.17) is 5.11 Å². The highest BCUT2D eigenvalue weighted by Crippen LogP contribution is 2.15. The maximum absolute atomic E-state index is 10.4. The number of carboxylic acid groups (broad SMARTS) is 1. The van der Waals surface area contributed by atoms with E-state index in [1.165, 1.54) is 30.2 Å². The van der Waals surface area contributed by atoms with Crippen LogP contribution in [0.1, 0.15) is 30.9 Å². The van der Waals surface area contributed by atoms with Crippen LogP contribution in [-0.2, 0) is 10.5 Å². The van der Waals surface area contributed by atoms with Crippen molar-refractivity contribution in [2.45, 2.75) is 25.5 Å². The van der Waals surface area contributed by atoms with Crippen LogP contribution >= 0.6 is 11.8 Å². The summed E-state index contributed by atoms with van der Waals surface area (Å²) in [5.41, 5.74) is 2.19. The standard InChI is InChI=1S/C14H18O2S/c1-2-3-9-17-11-13-6-4-5-12(10-13)7-8-14(15)16/h4-8,10H,2-3,9,11H2,1H3,(H,15,16). The Morgan fingerprint density at radius 3 is 3.00 bits per heavy atom. The summed E-state index contributed by atoms with van der Waals surface area (Å²) in [6.07, 6.45) is 5.28. The molecule has 1 aromatic rings. The Kier molecular flexibility index (Phi) is 6.48. The van der Waals surface area contributed by atoms with Crippen molar-refractivity contribution in [2.75, 3.05) is 5.75 Å². The second-order valence-corrected chi connectivity index (χ2v) is 4.93. The second kappa shape index (κ2) is 7.96. The van der Waals surface area contributed by atoms with Crippen LogP contribution in [0, 0.1) is 0 Å². The van der Waals surface area contributed by atoms with E-state index < -0.39 is 5.97 Å². The lowest BCUT2D eigenvalue weighted by atomic mass is 10.1. The number of hydrogen-bond acceptors (Lipinski definition) is 2. The summed E-state index contributed by atoms with van der Waals surface area (Å²) >= 11 is 1.92. The number of thioether (sulfide) groups is 1. The van der Waals surface area contributed by atoms with Crippen LogP contribution in [0.2, 0.25) is 0 Å². The Morgan fingerprint density at radius 1 is 1.47 bits per heavy atom. The molecule has 17 heavy (non-hydrogen) atoms. The van der Waals surface area contributed by atoms with Gasteiger partial charge in [-0.15, -0.1) is 0 Å². The fourth-order valence-corrected chi connectivity index (χ4v) is 2.44. The molecule has 0 atom stereocenters. The van der Waals surface area contributed by atoms with Crippen molar-refractivity contribution in [2.24, 2.45) is 0 Å². The topological polar surface area (TPSA) is 37.3 Å². The zero-order valence-corrected chi connectivity index (χ0v) is 10.9. The van der Waals surface area contributed by atoms with Crippen LogP contribution in [0.5, 0.6) is 0 Å². The first-order valence-corrected chi connectivity index (χ1v) is 6.95. The Bertz CT molecular complexity index is 386. The third-order valence-electron chi connectivity index (χ3n) is 2.28. The van der Waals surface area contributed by atoms with E-state index in [2.05, 4.69) is 13.0 Å². The van der Waals surface area contributed by atoms with Gasteiger partial charge in [0.15, 0.2) is 0 Å². The molecule has 0 saturated carbocycles. The fourth-order valence-electron chi connectivity index (χ4n) is 1.39. The lowest BCUT2D eigenvalue weighted by molar-refractivity contribution is -0.131. The molecule has 1 N–H and O–H groups in total. The van der Waals surface area contributed by atoms with Gasteiger partial charge in [0.1, 0.15) is 0 Å². The molecule has 0 spiro atoms. The van der Waals surface area contributed by atoms with E-state index in [1.54, 1.807) is 6.08 Å². The zero-order chi connectivity index (χ0) is 12.5. The molecule has 2 nitrogen and oxygen atoms in total. The Balaban J connectivity index is 2.50. The molecule has 3 heteroatoms. The number of rotatable bonds is 7. The average molecular weight is 250 g/mol. The summed E-state index contributed by atoms with van der Waals surface area (Å²) in [7, 11) is 0. The summed E-state index contributed by atoms with van der Waals surface area (Å²) in [6.45, 7) is 2.19. The summed E-state index contributed by atoms with van der Waals surface area (Å²) in [5, 5.41) is 8.55. The van der Waals surface area contributed by atoms with Gasteiger partial charge in [0, 0.05) is 11.8 Å². The minimum absolute atomic E-state index is 0.910. The van der Waals surface area contributed by atoms with E-state index in [-0.39, 0.29) is 0 Å². The monoisotopic (exact) mass is 250 g/mol. The lowest BCUT2D eigenvalue weighted by Crippen LogP contribution is -1.87. The van der Waals surface area contributed by atoms with Crippen LogP contribution in [-0.4, -0.2) is 16.8 Å². The molecule has 0 radical (unpaired) electrons. The van der Waals surface area contributed by atoms with Gasteiger partial charge < -0.3 is 5.11 Å². The van der Waals surface area contributed by atoms with Crippen molar-refractivity contribution < 1.29 is 9.90 Å². The summed E-state index contributed by atoms with van der Waals surface area (Å²) < 4.78 is 0. The first-order valence-electron chi connectivity index (χ1n) is 5.80. The van der Waals surface area contributed by atoms with Crippen molar-refractivity contribution in [1.82, 2.24) is 0 Å². The molecular formula is C14H18O2S. The van der Waals surface area contributed by atoms with E-state index >= 15 is 0 Å². The van der Waals surface area contributed by atoms with Gasteiger partial charge in [-0.1, -0.05) is 37.6 Å². The van der Waals surface area contributed by atoms with Crippen molar-refractivity contribution in [3.05, 3.63) is 41.5 Å². The zero-order valence-electron chi connectivity index (χ0n) is 10.1. The van der Waals surface area contributed by atoms with Crippen molar-refractivity contribution in [3.63, 3.8) is 0 Å². The Hall–Kier alpha value is -1.22. The molecule has 0 heterocycles. The number of unbranched alkanes of at least 4 members (excludes halogenated alkanes) is 1. The molecule has 0 saturated heterocycles. The maximum atomic E-state index is 10.4. The largest absolute Gasteiger partial charge is 0.478 e. The molecule has 0 amide bonds. The normalized spacial score (nSPS) is 10.9. The maximum Gasteiger partial charge on any atom is 0.328 e. The number of carboxylic acids is 1. The number of benzene rings is 1. The predicted octanol–water partition coefficient (Wildman–Crippen LogP) is 3.82. The van der Waals surface area contributed by atoms with Crippen molar-refractivity contribution in [3.8, 4) is 0 Å². The van der Waals surface area contributed by atoms with Crippen molar-refractivity contribution >= 4 is 23.8 Å². The Morgan fingerprint density at radius 2 is 2.29 bits per heavy atom. The molecule has 0 unspecified atom stereocenters. The SMILES string of the molecule is CCCCSCc1cccc(C=CC(=O)O)c1. The van der Waals surface area contributed by atoms with E-state index in [9.17, 15) is 4.79 Å². The van der Waals surface area contributed by atoms with Gasteiger partial charge in [0.05, 0.1) is 0 Å². The Labute approximate surface area is 107 Å². The third-order valence-corrected chi connectivity index (χ3v) is 3.40. The van der Waals surface area contributed by atoms with Gasteiger partial charge in [0.25, 0.3) is 0 Å². The molecule has 92 valence electrons. The van der Waals surface area contributed by atoms with Crippen LogP contribution in [0.25, 0.3) is 6.08 Å². The first-order chi connectivity index (χ1) is 8.22. The molecule has 0 bridgehead atoms. The van der Waals surface area contributed by atoms with Gasteiger partial charge >= 0.3 is 5.97 Å². The first kappa shape index (κ1) is 13.8. The van der Waals surface area contributed by atoms with Gasteiger partial charge in [-0.25, -0.2) is 4.79 Å². The predicted molar refractivity (Wildman–Crippen MR) is 74.2 cm³/mol. The van der Waals surface area contributed by atoms with Crippen LogP contribution in [0.15, 0.2) is 30.3 Å². The van der Waals surface area contributed by atoms with Crippen LogP contribution in [0.3, 0.4) is 0 Å². The van der Waals surface area contributed by atoms with Gasteiger partial charge in [-0.2, -0.15) is 11.8 Å². The lowest BCUT2D eigenvalue weighted by Gasteiger charge is -2.02. The molecule has 1 aromatic carbocycles. The summed E-state index contributed by atoms with van der Waals surface area (Å²) in [5.74, 6) is 1.27. The van der Waals surface area contributed by atoms with Gasteiger partial charge in [0.2, 0.25) is 0 Å². The fraction of sp³-hybridized carbons (Fsp3) is 0.357. The minimum Gasteiger partial charge on any atom is -0.478 e. The van der Waals surface area contributed by atoms with Crippen molar-refractivity contribution in [1.29, 1.82) is 0 Å². The average Bonchev–Trinajstić information content (AvgIpc) is 2.33. The molecule has 0 aromatic heterocycles. The summed E-state index contributed by atoms with van der Waals surface area (Å²) in [4.78, 5) is 10.4. The number of aliphatic carboxylic acids is 1. The minimum atomic E-state index is -0.910. The molecule has 0 aliphatic heterocycles. The highest BCUT2D eigenvalue weighted by molar-refractivity contribution is 7.98. The number of hydrogen-bond donors (Lipinski definition) is 1. The van der Waals surface area contributed by atoms with E-state index in [0.29, 0.717) is 0 Å². The highest BCUT2D eigenvalue weighted by atomic mass is 32.2. The second-order valence-electron chi connectivity index (χ2n) is 3.82. The molecule has 0 fully saturated rings. The van der Waals surface area contributed by atoms with Gasteiger partial charge in [-0.3, -0.25) is 0 Å². The molecular weight excluding hydrogens is 232 g/mol. The smallest absolute Gasteiger partial charge is 0.328 e. The molecule has 1 rings (SSSR count). The third kappa shape index (κ3) is 6.17. The molecule has 0 aliphatic carbocycles. The quantitative estimate of drug-likeness (QED) is 0.590. The number of carbonyl (C=O) groups is 1. The molecule has 0 aliphatic rings. The van der Waals surface area contributed by atoms with E-state index in [0.717, 1.165) is 11.3 Å². The van der Waals surface area contributed by atoms with Gasteiger partial charge in [-0.05, 0) is 29.4 Å². The van der Waals surface area contributed by atoms with Crippen LogP contribution in [0.4, 0.5) is 0 Å². The highest BCUT2D eigenvalue weighted by Gasteiger charge is 1.95. The van der Waals surface area contributed by atoms with Crippen LogP contribution < -0.4 is 0 Å².